The zero-order valence-corrected chi connectivity index (χ0v) is 19.4. The summed E-state index contributed by atoms with van der Waals surface area (Å²) < 4.78 is 4.75. The fourth-order valence-electron chi connectivity index (χ4n) is 2.91. The van der Waals surface area contributed by atoms with Crippen molar-refractivity contribution in [3.8, 4) is 0 Å². The highest BCUT2D eigenvalue weighted by molar-refractivity contribution is 6.40. The molecular formula is C22H17Cl3N4O4. The van der Waals surface area contributed by atoms with Crippen LogP contribution in [0.1, 0.15) is 38.7 Å². The third-order valence-electron chi connectivity index (χ3n) is 4.56. The maximum Gasteiger partial charge on any atom is 0.307 e. The van der Waals surface area contributed by atoms with Crippen molar-refractivity contribution in [2.45, 2.75) is 12.5 Å². The summed E-state index contributed by atoms with van der Waals surface area (Å²) in [5.74, 6) is -1.52. The summed E-state index contributed by atoms with van der Waals surface area (Å²) in [5.41, 5.74) is 1.32. The molecule has 0 spiro atoms. The molecule has 33 heavy (non-hydrogen) atoms. The monoisotopic (exact) mass is 506 g/mol. The van der Waals surface area contributed by atoms with Gasteiger partial charge in [0, 0.05) is 24.3 Å². The SMILES string of the molecule is COC(=O)CC(NC(=O)c1cccnc1Cl)c1ccc(NC(=O)c2c(Cl)cncc2Cl)cc1. The lowest BCUT2D eigenvalue weighted by atomic mass is 10.0. The summed E-state index contributed by atoms with van der Waals surface area (Å²) >= 11 is 18.0. The highest BCUT2D eigenvalue weighted by Crippen LogP contribution is 2.25. The smallest absolute Gasteiger partial charge is 0.307 e. The van der Waals surface area contributed by atoms with Crippen molar-refractivity contribution in [1.82, 2.24) is 15.3 Å². The number of nitrogens with one attached hydrogen (secondary N) is 2. The van der Waals surface area contributed by atoms with Gasteiger partial charge in [-0.1, -0.05) is 46.9 Å². The van der Waals surface area contributed by atoms with E-state index >= 15 is 0 Å². The molecule has 2 heterocycles. The number of methoxy groups -OCH3 is 1. The molecule has 0 aliphatic heterocycles. The Morgan fingerprint density at radius 3 is 2.27 bits per heavy atom. The van der Waals surface area contributed by atoms with Crippen LogP contribution in [-0.4, -0.2) is 34.9 Å². The molecule has 0 fully saturated rings. The number of hydrogen-bond acceptors (Lipinski definition) is 6. The number of ether oxygens (including phenoxy) is 1. The van der Waals surface area contributed by atoms with Crippen LogP contribution in [0.3, 0.4) is 0 Å². The second kappa shape index (κ2) is 11.1. The van der Waals surface area contributed by atoms with E-state index in [4.69, 9.17) is 39.5 Å². The zero-order chi connectivity index (χ0) is 24.0. The lowest BCUT2D eigenvalue weighted by Gasteiger charge is -2.19. The molecule has 2 amide bonds. The van der Waals surface area contributed by atoms with Gasteiger partial charge in [-0.25, -0.2) is 4.98 Å². The topological polar surface area (TPSA) is 110 Å². The highest BCUT2D eigenvalue weighted by Gasteiger charge is 2.22. The molecule has 0 radical (unpaired) electrons. The number of amides is 2. The molecule has 0 saturated carbocycles. The van der Waals surface area contributed by atoms with Crippen LogP contribution < -0.4 is 10.6 Å². The summed E-state index contributed by atoms with van der Waals surface area (Å²) in [4.78, 5) is 44.8. The van der Waals surface area contributed by atoms with Crippen molar-refractivity contribution in [2.24, 2.45) is 0 Å². The predicted octanol–water partition coefficient (Wildman–Crippen LogP) is 4.72. The van der Waals surface area contributed by atoms with Gasteiger partial charge < -0.3 is 15.4 Å². The molecule has 170 valence electrons. The number of carbonyl (C=O) groups is 3. The molecule has 0 aliphatic rings. The van der Waals surface area contributed by atoms with Crippen LogP contribution >= 0.6 is 34.8 Å². The molecule has 0 saturated heterocycles. The highest BCUT2D eigenvalue weighted by atomic mass is 35.5. The standard InChI is InChI=1S/C22H17Cl3N4O4/c1-33-18(30)9-17(29-21(31)14-3-2-8-27-20(14)25)12-4-6-13(7-5-12)28-22(32)19-15(23)10-26-11-16(19)24/h2-8,10-11,17H,9H2,1H3,(H,28,32)(H,29,31). The van der Waals surface area contributed by atoms with E-state index in [1.165, 1.54) is 31.8 Å². The second-order valence-electron chi connectivity index (χ2n) is 6.70. The summed E-state index contributed by atoms with van der Waals surface area (Å²) in [7, 11) is 1.26. The molecule has 2 N–H and O–H groups in total. The molecule has 0 bridgehead atoms. The fraction of sp³-hybridized carbons (Fsp3) is 0.136. The first-order valence-corrected chi connectivity index (χ1v) is 10.6. The number of benzene rings is 1. The van der Waals surface area contributed by atoms with Gasteiger partial charge in [-0.15, -0.1) is 0 Å². The number of anilines is 1. The van der Waals surface area contributed by atoms with Gasteiger partial charge in [-0.3, -0.25) is 19.4 Å². The minimum atomic E-state index is -0.713. The number of rotatable bonds is 7. The Hall–Kier alpha value is -3.20. The van der Waals surface area contributed by atoms with E-state index in [1.54, 1.807) is 30.3 Å². The van der Waals surface area contributed by atoms with Crippen LogP contribution in [0.5, 0.6) is 0 Å². The Kier molecular flexibility index (Phi) is 8.21. The summed E-state index contributed by atoms with van der Waals surface area (Å²) in [6, 6.07) is 8.93. The first kappa shape index (κ1) is 24.4. The van der Waals surface area contributed by atoms with Crippen molar-refractivity contribution in [2.75, 3.05) is 12.4 Å². The lowest BCUT2D eigenvalue weighted by molar-refractivity contribution is -0.141. The average molecular weight is 508 g/mol. The van der Waals surface area contributed by atoms with E-state index < -0.39 is 23.8 Å². The number of hydrogen-bond donors (Lipinski definition) is 2. The van der Waals surface area contributed by atoms with E-state index in [2.05, 4.69) is 20.6 Å². The van der Waals surface area contributed by atoms with E-state index in [1.807, 2.05) is 0 Å². The normalized spacial score (nSPS) is 11.4. The van der Waals surface area contributed by atoms with Gasteiger partial charge in [0.15, 0.2) is 0 Å². The minimum Gasteiger partial charge on any atom is -0.469 e. The van der Waals surface area contributed by atoms with Crippen LogP contribution in [0.2, 0.25) is 15.2 Å². The third-order valence-corrected chi connectivity index (χ3v) is 5.43. The van der Waals surface area contributed by atoms with Gasteiger partial charge in [-0.2, -0.15) is 0 Å². The molecule has 1 atom stereocenters. The number of pyridine rings is 2. The number of aromatic nitrogens is 2. The quantitative estimate of drug-likeness (QED) is 0.354. The fourth-order valence-corrected chi connectivity index (χ4v) is 3.66. The van der Waals surface area contributed by atoms with E-state index in [9.17, 15) is 14.4 Å². The number of halogens is 3. The van der Waals surface area contributed by atoms with Gasteiger partial charge >= 0.3 is 5.97 Å². The second-order valence-corrected chi connectivity index (χ2v) is 7.87. The van der Waals surface area contributed by atoms with Gasteiger partial charge in [0.1, 0.15) is 5.15 Å². The van der Waals surface area contributed by atoms with Crippen LogP contribution in [0.4, 0.5) is 5.69 Å². The first-order valence-electron chi connectivity index (χ1n) is 9.48. The third kappa shape index (κ3) is 6.19. The Morgan fingerprint density at radius 2 is 1.67 bits per heavy atom. The van der Waals surface area contributed by atoms with Crippen molar-refractivity contribution in [3.63, 3.8) is 0 Å². The lowest BCUT2D eigenvalue weighted by Crippen LogP contribution is -2.30. The average Bonchev–Trinajstić information content (AvgIpc) is 2.79. The molecule has 11 heteroatoms. The predicted molar refractivity (Wildman–Crippen MR) is 125 cm³/mol. The van der Waals surface area contributed by atoms with Crippen molar-refractivity contribution in [3.05, 3.63) is 86.9 Å². The summed E-state index contributed by atoms with van der Waals surface area (Å²) in [6.07, 6.45) is 3.98. The Balaban J connectivity index is 1.79. The number of carbonyl (C=O) groups excluding carboxylic acids is 3. The summed E-state index contributed by atoms with van der Waals surface area (Å²) in [5, 5.41) is 5.73. The Labute approximate surface area is 204 Å². The molecular weight excluding hydrogens is 491 g/mol. The van der Waals surface area contributed by atoms with Crippen molar-refractivity contribution < 1.29 is 19.1 Å². The molecule has 3 aromatic rings. The molecule has 1 aromatic carbocycles. The van der Waals surface area contributed by atoms with Gasteiger partial charge in [0.25, 0.3) is 11.8 Å². The first-order chi connectivity index (χ1) is 15.8. The molecule has 1 unspecified atom stereocenters. The van der Waals surface area contributed by atoms with Gasteiger partial charge in [-0.05, 0) is 29.8 Å². The Bertz CT molecular complexity index is 1170. The van der Waals surface area contributed by atoms with Crippen molar-refractivity contribution in [1.29, 1.82) is 0 Å². The Morgan fingerprint density at radius 1 is 1.00 bits per heavy atom. The largest absolute Gasteiger partial charge is 0.469 e. The molecule has 0 aliphatic carbocycles. The van der Waals surface area contributed by atoms with E-state index in [-0.39, 0.29) is 32.7 Å². The van der Waals surface area contributed by atoms with Gasteiger partial charge in [0.05, 0.1) is 40.7 Å². The van der Waals surface area contributed by atoms with Crippen LogP contribution in [-0.2, 0) is 9.53 Å². The summed E-state index contributed by atoms with van der Waals surface area (Å²) in [6.45, 7) is 0. The minimum absolute atomic E-state index is 0.0401. The maximum absolute atomic E-state index is 12.7. The molecule has 8 nitrogen and oxygen atoms in total. The maximum atomic E-state index is 12.7. The number of nitrogens with zero attached hydrogens (tertiary/aromatic N) is 2. The van der Waals surface area contributed by atoms with E-state index in [0.717, 1.165) is 0 Å². The van der Waals surface area contributed by atoms with Gasteiger partial charge in [0.2, 0.25) is 0 Å². The molecule has 3 rings (SSSR count). The number of esters is 1. The zero-order valence-electron chi connectivity index (χ0n) is 17.1. The van der Waals surface area contributed by atoms with E-state index in [0.29, 0.717) is 11.3 Å². The molecule has 2 aromatic heterocycles. The van der Waals surface area contributed by atoms with Crippen molar-refractivity contribution >= 4 is 58.3 Å². The van der Waals surface area contributed by atoms with Crippen LogP contribution in [0.15, 0.2) is 55.0 Å². The van der Waals surface area contributed by atoms with Crippen LogP contribution in [0, 0.1) is 0 Å². The van der Waals surface area contributed by atoms with Crippen LogP contribution in [0.25, 0.3) is 0 Å².